The zero-order valence-electron chi connectivity index (χ0n) is 15.8. The van der Waals surface area contributed by atoms with E-state index in [0.29, 0.717) is 32.9 Å². The van der Waals surface area contributed by atoms with Gasteiger partial charge in [0, 0.05) is 24.4 Å². The molecule has 0 aliphatic rings. The van der Waals surface area contributed by atoms with E-state index in [0.717, 1.165) is 5.69 Å². The van der Waals surface area contributed by atoms with E-state index in [-0.39, 0.29) is 12.5 Å². The maximum absolute atomic E-state index is 12.3. The zero-order valence-corrected chi connectivity index (χ0v) is 17.3. The molecule has 1 aromatic heterocycles. The number of pyridine rings is 1. The Hall–Kier alpha value is -3.29. The highest BCUT2D eigenvalue weighted by Crippen LogP contribution is 2.25. The van der Waals surface area contributed by atoms with Crippen LogP contribution in [0.15, 0.2) is 60.8 Å². The summed E-state index contributed by atoms with van der Waals surface area (Å²) in [5, 5.41) is 12.2. The highest BCUT2D eigenvalue weighted by atomic mass is 35.5. The van der Waals surface area contributed by atoms with Gasteiger partial charge in [-0.05, 0) is 48.5 Å². The summed E-state index contributed by atoms with van der Waals surface area (Å²) in [5.41, 5.74) is 1.61. The number of rotatable bonds is 7. The fraction of sp³-hybridized carbons (Fsp3) is 0.0952. The second kappa shape index (κ2) is 9.47. The van der Waals surface area contributed by atoms with Crippen molar-refractivity contribution in [1.29, 1.82) is 0 Å². The third kappa shape index (κ3) is 5.62. The van der Waals surface area contributed by atoms with E-state index in [1.807, 2.05) is 0 Å². The van der Waals surface area contributed by atoms with Crippen molar-refractivity contribution in [3.05, 3.63) is 76.4 Å². The van der Waals surface area contributed by atoms with Crippen molar-refractivity contribution in [2.24, 2.45) is 0 Å². The maximum atomic E-state index is 12.3. The number of hydrogen-bond donors (Lipinski definition) is 2. The average Bonchev–Trinajstić information content (AvgIpc) is 2.71. The molecule has 1 heterocycles. The van der Waals surface area contributed by atoms with Crippen LogP contribution in [0, 0.1) is 0 Å². The molecule has 1 amide bonds. The highest BCUT2D eigenvalue weighted by Gasteiger charge is 2.10. The molecule has 2 aromatic carbocycles. The molecule has 0 atom stereocenters. The number of aliphatic carboxylic acids is 1. The summed E-state index contributed by atoms with van der Waals surface area (Å²) in [7, 11) is 1.69. The Morgan fingerprint density at radius 2 is 1.80 bits per heavy atom. The summed E-state index contributed by atoms with van der Waals surface area (Å²) in [5.74, 6) is -0.366. The van der Waals surface area contributed by atoms with Gasteiger partial charge in [0.25, 0.3) is 5.91 Å². The fourth-order valence-corrected chi connectivity index (χ4v) is 2.84. The quantitative estimate of drug-likeness (QED) is 0.534. The van der Waals surface area contributed by atoms with Crippen molar-refractivity contribution >= 4 is 46.5 Å². The summed E-state index contributed by atoms with van der Waals surface area (Å²) in [6.07, 6.45) is 1.47. The standard InChI is InChI=1S/C21H17Cl2N3O4/c1-26(12-20(27)28)15-4-6-16(7-5-15)30-19-9-3-14(11-24-19)25-21(29)13-2-8-17(22)18(23)10-13/h2-11H,12H2,1H3,(H,25,29)(H,27,28). The maximum Gasteiger partial charge on any atom is 0.323 e. The summed E-state index contributed by atoms with van der Waals surface area (Å²) < 4.78 is 5.68. The van der Waals surface area contributed by atoms with Crippen LogP contribution in [0.1, 0.15) is 10.4 Å². The van der Waals surface area contributed by atoms with Crippen LogP contribution in [0.5, 0.6) is 11.6 Å². The van der Waals surface area contributed by atoms with Crippen molar-refractivity contribution in [3.63, 3.8) is 0 Å². The van der Waals surface area contributed by atoms with Crippen LogP contribution in [-0.4, -0.2) is 35.6 Å². The first kappa shape index (κ1) is 21.4. The van der Waals surface area contributed by atoms with Crippen LogP contribution in [0.2, 0.25) is 10.0 Å². The lowest BCUT2D eigenvalue weighted by molar-refractivity contribution is -0.135. The molecule has 0 saturated carbocycles. The Morgan fingerprint density at radius 1 is 1.07 bits per heavy atom. The molecule has 3 aromatic rings. The molecule has 0 spiro atoms. The fourth-order valence-electron chi connectivity index (χ4n) is 2.54. The van der Waals surface area contributed by atoms with Crippen LogP contribution in [-0.2, 0) is 4.79 Å². The normalized spacial score (nSPS) is 10.4. The molecule has 0 saturated heterocycles. The van der Waals surface area contributed by atoms with E-state index < -0.39 is 5.97 Å². The van der Waals surface area contributed by atoms with E-state index in [9.17, 15) is 9.59 Å². The molecule has 3 rings (SSSR count). The molecule has 0 fully saturated rings. The zero-order chi connectivity index (χ0) is 21.7. The minimum atomic E-state index is -0.909. The molecule has 0 unspecified atom stereocenters. The Morgan fingerprint density at radius 3 is 2.40 bits per heavy atom. The van der Waals surface area contributed by atoms with Crippen LogP contribution in [0.3, 0.4) is 0 Å². The number of aromatic nitrogens is 1. The van der Waals surface area contributed by atoms with Gasteiger partial charge in [-0.15, -0.1) is 0 Å². The molecular formula is C21H17Cl2N3O4. The first-order valence-electron chi connectivity index (χ1n) is 8.75. The number of anilines is 2. The lowest BCUT2D eigenvalue weighted by atomic mass is 10.2. The van der Waals surface area contributed by atoms with Crippen LogP contribution in [0.25, 0.3) is 0 Å². The van der Waals surface area contributed by atoms with Crippen molar-refractivity contribution in [1.82, 2.24) is 4.98 Å². The average molecular weight is 446 g/mol. The van der Waals surface area contributed by atoms with Gasteiger partial charge in [-0.2, -0.15) is 0 Å². The molecule has 7 nitrogen and oxygen atoms in total. The largest absolute Gasteiger partial charge is 0.480 e. The Bertz CT molecular complexity index is 1060. The van der Waals surface area contributed by atoms with Gasteiger partial charge in [0.2, 0.25) is 5.88 Å². The number of benzene rings is 2. The number of likely N-dealkylation sites (N-methyl/N-ethyl adjacent to an activating group) is 1. The number of carbonyl (C=O) groups excluding carboxylic acids is 1. The predicted molar refractivity (Wildman–Crippen MR) is 116 cm³/mol. The number of hydrogen-bond acceptors (Lipinski definition) is 5. The SMILES string of the molecule is CN(CC(=O)O)c1ccc(Oc2ccc(NC(=O)c3ccc(Cl)c(Cl)c3)cn2)cc1. The second-order valence-corrected chi connectivity index (χ2v) is 7.13. The van der Waals surface area contributed by atoms with E-state index >= 15 is 0 Å². The van der Waals surface area contributed by atoms with Crippen LogP contribution >= 0.6 is 23.2 Å². The van der Waals surface area contributed by atoms with E-state index in [1.165, 1.54) is 12.3 Å². The molecule has 0 aliphatic heterocycles. The summed E-state index contributed by atoms with van der Waals surface area (Å²) >= 11 is 11.8. The van der Waals surface area contributed by atoms with Gasteiger partial charge in [0.05, 0.1) is 21.9 Å². The van der Waals surface area contributed by atoms with Gasteiger partial charge in [-0.3, -0.25) is 9.59 Å². The van der Waals surface area contributed by atoms with Gasteiger partial charge >= 0.3 is 5.97 Å². The minimum Gasteiger partial charge on any atom is -0.480 e. The van der Waals surface area contributed by atoms with E-state index in [1.54, 1.807) is 60.5 Å². The third-order valence-corrected chi connectivity index (χ3v) is 4.79. The number of carboxylic acid groups (broad SMARTS) is 1. The molecule has 0 bridgehead atoms. The Labute approximate surface area is 182 Å². The molecule has 154 valence electrons. The first-order chi connectivity index (χ1) is 14.3. The van der Waals surface area contributed by atoms with Gasteiger partial charge in [0.15, 0.2) is 0 Å². The monoisotopic (exact) mass is 445 g/mol. The van der Waals surface area contributed by atoms with Crippen LogP contribution < -0.4 is 15.0 Å². The summed E-state index contributed by atoms with van der Waals surface area (Å²) in [4.78, 5) is 28.9. The van der Waals surface area contributed by atoms with Gasteiger partial charge in [0.1, 0.15) is 12.3 Å². The summed E-state index contributed by atoms with van der Waals surface area (Å²) in [6.45, 7) is -0.100. The topological polar surface area (TPSA) is 91.8 Å². The Kier molecular flexibility index (Phi) is 6.76. The molecular weight excluding hydrogens is 429 g/mol. The number of halogens is 2. The van der Waals surface area contributed by atoms with E-state index in [2.05, 4.69) is 10.3 Å². The molecule has 0 aliphatic carbocycles. The number of carboxylic acids is 1. The van der Waals surface area contributed by atoms with Crippen molar-refractivity contribution in [3.8, 4) is 11.6 Å². The number of ether oxygens (including phenoxy) is 1. The molecule has 30 heavy (non-hydrogen) atoms. The summed E-state index contributed by atoms with van der Waals surface area (Å²) in [6, 6.07) is 14.8. The second-order valence-electron chi connectivity index (χ2n) is 6.31. The number of amides is 1. The number of nitrogens with zero attached hydrogens (tertiary/aromatic N) is 2. The lowest BCUT2D eigenvalue weighted by Crippen LogP contribution is -2.24. The molecule has 9 heteroatoms. The first-order valence-corrected chi connectivity index (χ1v) is 9.51. The number of nitrogens with one attached hydrogen (secondary N) is 1. The van der Waals surface area contributed by atoms with E-state index in [4.69, 9.17) is 33.0 Å². The predicted octanol–water partition coefficient (Wildman–Crippen LogP) is 4.95. The van der Waals surface area contributed by atoms with Crippen LogP contribution in [0.4, 0.5) is 11.4 Å². The van der Waals surface area contributed by atoms with Gasteiger partial charge in [-0.25, -0.2) is 4.98 Å². The lowest BCUT2D eigenvalue weighted by Gasteiger charge is -2.16. The van der Waals surface area contributed by atoms with Crippen molar-refractivity contribution in [2.45, 2.75) is 0 Å². The molecule has 2 N–H and O–H groups in total. The van der Waals surface area contributed by atoms with Gasteiger partial charge < -0.3 is 20.1 Å². The number of carbonyl (C=O) groups is 2. The molecule has 0 radical (unpaired) electrons. The third-order valence-electron chi connectivity index (χ3n) is 4.05. The highest BCUT2D eigenvalue weighted by molar-refractivity contribution is 6.42. The van der Waals surface area contributed by atoms with Gasteiger partial charge in [-0.1, -0.05) is 23.2 Å². The smallest absolute Gasteiger partial charge is 0.323 e. The van der Waals surface area contributed by atoms with Crippen molar-refractivity contribution in [2.75, 3.05) is 23.8 Å². The Balaban J connectivity index is 1.61. The van der Waals surface area contributed by atoms with Crippen molar-refractivity contribution < 1.29 is 19.4 Å². The minimum absolute atomic E-state index is 0.100.